The Morgan fingerprint density at radius 3 is 1.82 bits per heavy atom. The van der Waals surface area contributed by atoms with E-state index in [9.17, 15) is 9.90 Å². The smallest absolute Gasteiger partial charge is 0.335 e. The Kier molecular flexibility index (Phi) is 7.98. The second-order valence-electron chi connectivity index (χ2n) is 6.86. The van der Waals surface area contributed by atoms with Crippen LogP contribution >= 0.6 is 7.26 Å². The minimum absolute atomic E-state index is 0. The number of unbranched alkanes of at least 4 members (excludes halogenated alkanes) is 1. The Balaban J connectivity index is 0.00000280. The maximum absolute atomic E-state index is 11.5. The number of carboxylic acid groups (broad SMARTS) is 1. The summed E-state index contributed by atoms with van der Waals surface area (Å²) in [6.07, 6.45) is 3.36. The van der Waals surface area contributed by atoms with E-state index in [0.29, 0.717) is 5.56 Å². The van der Waals surface area contributed by atoms with Crippen LogP contribution in [0, 0.1) is 6.92 Å². The van der Waals surface area contributed by atoms with Gasteiger partial charge in [-0.25, -0.2) is 4.79 Å². The predicted molar refractivity (Wildman–Crippen MR) is 117 cm³/mol. The lowest BCUT2D eigenvalue weighted by Crippen LogP contribution is -3.00. The molecule has 0 amide bonds. The van der Waals surface area contributed by atoms with Gasteiger partial charge in [0.25, 0.3) is 0 Å². The largest absolute Gasteiger partial charge is 1.00 e. The van der Waals surface area contributed by atoms with Crippen molar-refractivity contribution in [2.45, 2.75) is 26.7 Å². The van der Waals surface area contributed by atoms with Crippen molar-refractivity contribution in [3.05, 3.63) is 90.0 Å². The Morgan fingerprint density at radius 1 is 0.857 bits per heavy atom. The van der Waals surface area contributed by atoms with Crippen molar-refractivity contribution in [1.82, 2.24) is 0 Å². The summed E-state index contributed by atoms with van der Waals surface area (Å²) in [5.74, 6) is -0.865. The Hall–Kier alpha value is -1.96. The van der Waals surface area contributed by atoms with Gasteiger partial charge in [0, 0.05) is 0 Å². The Morgan fingerprint density at radius 2 is 1.39 bits per heavy atom. The van der Waals surface area contributed by atoms with Gasteiger partial charge in [-0.05, 0) is 61.4 Å². The molecule has 0 aliphatic rings. The Bertz CT molecular complexity index is 871. The molecule has 0 saturated heterocycles. The quantitative estimate of drug-likeness (QED) is 0.550. The fraction of sp³-hybridized carbons (Fsp3) is 0.208. The summed E-state index contributed by atoms with van der Waals surface area (Å²) >= 11 is 0. The van der Waals surface area contributed by atoms with Crippen LogP contribution in [0.25, 0.3) is 0 Å². The van der Waals surface area contributed by atoms with Crippen molar-refractivity contribution in [1.29, 1.82) is 0 Å². The second-order valence-corrected chi connectivity index (χ2v) is 10.5. The summed E-state index contributed by atoms with van der Waals surface area (Å²) in [6, 6.07) is 27.4. The maximum Gasteiger partial charge on any atom is 0.335 e. The molecule has 2 nitrogen and oxygen atoms in total. The number of carbonyl (C=O) groups is 1. The zero-order valence-electron chi connectivity index (χ0n) is 16.3. The molecule has 146 valence electrons. The van der Waals surface area contributed by atoms with Crippen LogP contribution in [-0.2, 0) is 0 Å². The summed E-state index contributed by atoms with van der Waals surface area (Å²) < 4.78 is 0. The van der Waals surface area contributed by atoms with Crippen LogP contribution in [0.4, 0.5) is 0 Å². The minimum atomic E-state index is -1.84. The summed E-state index contributed by atoms with van der Waals surface area (Å²) in [4.78, 5) is 11.5. The third-order valence-electron chi connectivity index (χ3n) is 5.12. The van der Waals surface area contributed by atoms with Crippen LogP contribution in [0.2, 0.25) is 0 Å². The van der Waals surface area contributed by atoms with Gasteiger partial charge in [0.1, 0.15) is 23.2 Å². The van der Waals surface area contributed by atoms with E-state index in [1.165, 1.54) is 15.9 Å². The van der Waals surface area contributed by atoms with Gasteiger partial charge in [-0.15, -0.1) is 0 Å². The van der Waals surface area contributed by atoms with E-state index >= 15 is 0 Å². The zero-order valence-corrected chi connectivity index (χ0v) is 18.8. The molecule has 0 aromatic heterocycles. The average Bonchev–Trinajstić information content (AvgIpc) is 2.70. The molecule has 3 rings (SSSR count). The van der Waals surface area contributed by atoms with Crippen molar-refractivity contribution in [3.8, 4) is 0 Å². The SMILES string of the molecule is CCCC[P+](c1ccccc1)(c1ccccc1)c1ccc(C(=O)O)c(C)c1.[Br-]. The molecule has 3 aromatic rings. The highest BCUT2D eigenvalue weighted by molar-refractivity contribution is 7.95. The van der Waals surface area contributed by atoms with Crippen molar-refractivity contribution in [3.63, 3.8) is 0 Å². The molecule has 0 heterocycles. The molecule has 0 bridgehead atoms. The third-order valence-corrected chi connectivity index (χ3v) is 9.63. The van der Waals surface area contributed by atoms with E-state index in [4.69, 9.17) is 0 Å². The van der Waals surface area contributed by atoms with Crippen molar-refractivity contribution in [2.75, 3.05) is 6.16 Å². The van der Waals surface area contributed by atoms with Gasteiger partial charge in [0.2, 0.25) is 0 Å². The Labute approximate surface area is 178 Å². The van der Waals surface area contributed by atoms with E-state index in [2.05, 4.69) is 73.7 Å². The van der Waals surface area contributed by atoms with Gasteiger partial charge in [-0.2, -0.15) is 0 Å². The molecule has 0 unspecified atom stereocenters. The van der Waals surface area contributed by atoms with Gasteiger partial charge >= 0.3 is 5.97 Å². The molecule has 0 atom stereocenters. The minimum Gasteiger partial charge on any atom is -1.00 e. The molecule has 28 heavy (non-hydrogen) atoms. The van der Waals surface area contributed by atoms with Crippen molar-refractivity contribution in [2.24, 2.45) is 0 Å². The number of aryl methyl sites for hydroxylation is 1. The van der Waals surface area contributed by atoms with Gasteiger partial charge in [-0.1, -0.05) is 49.7 Å². The highest BCUT2D eigenvalue weighted by Crippen LogP contribution is 2.56. The monoisotopic (exact) mass is 456 g/mol. The predicted octanol–water partition coefficient (Wildman–Crippen LogP) is 1.79. The van der Waals surface area contributed by atoms with Crippen LogP contribution in [0.15, 0.2) is 78.9 Å². The van der Waals surface area contributed by atoms with E-state index in [-0.39, 0.29) is 17.0 Å². The molecule has 0 radical (unpaired) electrons. The standard InChI is InChI=1S/C24H25O2P.BrH/c1-3-4-17-27(20-11-7-5-8-12-20,21-13-9-6-10-14-21)22-15-16-23(24(25)26)19(2)18-22;/h5-16,18H,3-4,17H2,1-2H3;1H. The van der Waals surface area contributed by atoms with Crippen LogP contribution in [0.3, 0.4) is 0 Å². The molecule has 4 heteroatoms. The van der Waals surface area contributed by atoms with E-state index in [0.717, 1.165) is 24.6 Å². The second kappa shape index (κ2) is 10.0. The lowest BCUT2D eigenvalue weighted by atomic mass is 10.1. The molecule has 0 fully saturated rings. The lowest BCUT2D eigenvalue weighted by molar-refractivity contribution is -0.0000211. The fourth-order valence-corrected chi connectivity index (χ4v) is 8.28. The van der Waals surface area contributed by atoms with Crippen molar-refractivity contribution >= 4 is 29.1 Å². The van der Waals surface area contributed by atoms with E-state index < -0.39 is 13.2 Å². The first-order valence-electron chi connectivity index (χ1n) is 9.43. The summed E-state index contributed by atoms with van der Waals surface area (Å²) in [5, 5.41) is 13.4. The van der Waals surface area contributed by atoms with Crippen LogP contribution < -0.4 is 32.9 Å². The number of benzene rings is 3. The molecule has 1 N–H and O–H groups in total. The molecule has 0 aliphatic heterocycles. The zero-order chi connectivity index (χ0) is 19.3. The first-order chi connectivity index (χ1) is 13.1. The number of aromatic carboxylic acids is 1. The fourth-order valence-electron chi connectivity index (χ4n) is 3.72. The van der Waals surface area contributed by atoms with Crippen LogP contribution in [0.1, 0.15) is 35.7 Å². The first-order valence-corrected chi connectivity index (χ1v) is 11.4. The summed E-state index contributed by atoms with van der Waals surface area (Å²) in [6.45, 7) is 4.13. The topological polar surface area (TPSA) is 37.3 Å². The van der Waals surface area contributed by atoms with Gasteiger partial charge < -0.3 is 22.1 Å². The molecular formula is C24H26BrO2P. The number of hydrogen-bond donors (Lipinski definition) is 1. The third kappa shape index (κ3) is 4.37. The van der Waals surface area contributed by atoms with Gasteiger partial charge in [0.15, 0.2) is 0 Å². The molecular weight excluding hydrogens is 431 g/mol. The van der Waals surface area contributed by atoms with Crippen LogP contribution in [-0.4, -0.2) is 17.2 Å². The maximum atomic E-state index is 11.5. The number of halogens is 1. The average molecular weight is 457 g/mol. The van der Waals surface area contributed by atoms with Crippen molar-refractivity contribution < 1.29 is 26.9 Å². The number of rotatable bonds is 7. The summed E-state index contributed by atoms with van der Waals surface area (Å²) in [5.41, 5.74) is 1.21. The number of carboxylic acids is 1. The molecule has 3 aromatic carbocycles. The summed E-state index contributed by atoms with van der Waals surface area (Å²) in [7, 11) is -1.84. The normalized spacial score (nSPS) is 10.9. The number of hydrogen-bond acceptors (Lipinski definition) is 1. The van der Waals surface area contributed by atoms with E-state index in [1.807, 2.05) is 13.0 Å². The molecule has 0 aliphatic carbocycles. The lowest BCUT2D eigenvalue weighted by Gasteiger charge is -2.28. The van der Waals surface area contributed by atoms with Gasteiger partial charge in [0.05, 0.1) is 11.7 Å². The molecule has 0 saturated carbocycles. The molecule has 0 spiro atoms. The highest BCUT2D eigenvalue weighted by Gasteiger charge is 2.44. The van der Waals surface area contributed by atoms with Gasteiger partial charge in [-0.3, -0.25) is 0 Å². The highest BCUT2D eigenvalue weighted by atomic mass is 79.9. The first kappa shape index (κ1) is 22.3. The van der Waals surface area contributed by atoms with E-state index in [1.54, 1.807) is 6.07 Å². The van der Waals surface area contributed by atoms with Crippen LogP contribution in [0.5, 0.6) is 0 Å².